The van der Waals surface area contributed by atoms with Crippen LogP contribution in [-0.4, -0.2) is 29.1 Å². The molecule has 17 heavy (non-hydrogen) atoms. The Balaban J connectivity index is 2.15. The van der Waals surface area contributed by atoms with E-state index in [1.165, 1.54) is 0 Å². The molecular formula is C12H15BrN2O2. The molecule has 1 N–H and O–H groups in total. The zero-order valence-electron chi connectivity index (χ0n) is 9.87. The minimum absolute atomic E-state index is 0.0222. The third kappa shape index (κ3) is 2.50. The molecule has 0 aliphatic carbocycles. The van der Waals surface area contributed by atoms with Gasteiger partial charge in [0.25, 0.3) is 5.91 Å². The molecule has 1 aromatic rings. The molecule has 1 amide bonds. The van der Waals surface area contributed by atoms with Crippen LogP contribution in [0.4, 0.5) is 0 Å². The van der Waals surface area contributed by atoms with Gasteiger partial charge in [0, 0.05) is 17.3 Å². The van der Waals surface area contributed by atoms with Gasteiger partial charge >= 0.3 is 0 Å². The van der Waals surface area contributed by atoms with E-state index >= 15 is 0 Å². The number of carbonyl (C=O) groups is 1. The molecule has 1 fully saturated rings. The summed E-state index contributed by atoms with van der Waals surface area (Å²) in [6.45, 7) is 4.65. The standard InChI is InChI=1S/C12H15BrN2O2/c1-8-12(2,5-7-17-8)15-11(16)10-9(13)4-3-6-14-10/h3-4,6,8H,5,7H2,1-2H3,(H,15,16). The molecule has 0 bridgehead atoms. The fourth-order valence-corrected chi connectivity index (χ4v) is 2.31. The summed E-state index contributed by atoms with van der Waals surface area (Å²) in [7, 11) is 0. The maximum atomic E-state index is 12.1. The molecule has 2 rings (SSSR count). The predicted molar refractivity (Wildman–Crippen MR) is 67.8 cm³/mol. The third-order valence-electron chi connectivity index (χ3n) is 3.26. The van der Waals surface area contributed by atoms with Crippen LogP contribution < -0.4 is 5.32 Å². The number of ether oxygens (including phenoxy) is 1. The predicted octanol–water partition coefficient (Wildman–Crippen LogP) is 2.14. The number of carbonyl (C=O) groups excluding carboxylic acids is 1. The van der Waals surface area contributed by atoms with Crippen LogP contribution in [-0.2, 0) is 4.74 Å². The summed E-state index contributed by atoms with van der Waals surface area (Å²) in [6.07, 6.45) is 2.45. The Morgan fingerprint density at radius 3 is 3.06 bits per heavy atom. The molecule has 1 aliphatic rings. The molecule has 4 nitrogen and oxygen atoms in total. The van der Waals surface area contributed by atoms with Crippen molar-refractivity contribution in [3.8, 4) is 0 Å². The summed E-state index contributed by atoms with van der Waals surface area (Å²) in [4.78, 5) is 16.2. The first-order valence-corrected chi connectivity index (χ1v) is 6.37. The van der Waals surface area contributed by atoms with Crippen LogP contribution in [0.1, 0.15) is 30.8 Å². The second-order valence-corrected chi connectivity index (χ2v) is 5.32. The number of nitrogens with one attached hydrogen (secondary N) is 1. The van der Waals surface area contributed by atoms with Gasteiger partial charge in [0.2, 0.25) is 0 Å². The van der Waals surface area contributed by atoms with Crippen molar-refractivity contribution >= 4 is 21.8 Å². The fourth-order valence-electron chi connectivity index (χ4n) is 1.87. The highest BCUT2D eigenvalue weighted by molar-refractivity contribution is 9.10. The molecule has 0 aromatic carbocycles. The van der Waals surface area contributed by atoms with Crippen molar-refractivity contribution in [1.29, 1.82) is 0 Å². The lowest BCUT2D eigenvalue weighted by molar-refractivity contribution is 0.0723. The van der Waals surface area contributed by atoms with Gasteiger partial charge in [-0.3, -0.25) is 4.79 Å². The van der Waals surface area contributed by atoms with Gasteiger partial charge in [0.15, 0.2) is 0 Å². The number of nitrogens with zero attached hydrogens (tertiary/aromatic N) is 1. The first-order valence-electron chi connectivity index (χ1n) is 5.57. The molecule has 5 heteroatoms. The van der Waals surface area contributed by atoms with Crippen molar-refractivity contribution in [2.24, 2.45) is 0 Å². The Morgan fingerprint density at radius 1 is 1.71 bits per heavy atom. The van der Waals surface area contributed by atoms with E-state index in [-0.39, 0.29) is 17.6 Å². The number of rotatable bonds is 2. The summed E-state index contributed by atoms with van der Waals surface area (Å²) >= 11 is 3.32. The SMILES string of the molecule is CC1OCCC1(C)NC(=O)c1ncccc1Br. The fraction of sp³-hybridized carbons (Fsp3) is 0.500. The van der Waals surface area contributed by atoms with E-state index in [0.29, 0.717) is 16.8 Å². The molecule has 1 saturated heterocycles. The Kier molecular flexibility index (Phi) is 3.49. The first kappa shape index (κ1) is 12.5. The minimum Gasteiger partial charge on any atom is -0.376 e. The smallest absolute Gasteiger partial charge is 0.271 e. The van der Waals surface area contributed by atoms with Crippen LogP contribution in [0, 0.1) is 0 Å². The molecule has 0 saturated carbocycles. The molecule has 0 spiro atoms. The topological polar surface area (TPSA) is 51.2 Å². The van der Waals surface area contributed by atoms with Gasteiger partial charge in [-0.2, -0.15) is 0 Å². The molecule has 1 aromatic heterocycles. The average Bonchev–Trinajstić information content (AvgIpc) is 2.59. The zero-order chi connectivity index (χ0) is 12.5. The van der Waals surface area contributed by atoms with Crippen molar-refractivity contribution < 1.29 is 9.53 Å². The van der Waals surface area contributed by atoms with Gasteiger partial charge in [-0.1, -0.05) is 0 Å². The van der Waals surface area contributed by atoms with E-state index in [1.807, 2.05) is 13.8 Å². The highest BCUT2D eigenvalue weighted by Gasteiger charge is 2.38. The number of aromatic nitrogens is 1. The minimum atomic E-state index is -0.311. The van der Waals surface area contributed by atoms with Gasteiger partial charge in [-0.25, -0.2) is 4.98 Å². The van der Waals surface area contributed by atoms with Gasteiger partial charge < -0.3 is 10.1 Å². The second-order valence-electron chi connectivity index (χ2n) is 4.47. The lowest BCUT2D eigenvalue weighted by atomic mass is 9.94. The number of pyridine rings is 1. The van der Waals surface area contributed by atoms with Crippen LogP contribution in [0.15, 0.2) is 22.8 Å². The van der Waals surface area contributed by atoms with E-state index in [0.717, 1.165) is 6.42 Å². The van der Waals surface area contributed by atoms with Crippen LogP contribution in [0.25, 0.3) is 0 Å². The lowest BCUT2D eigenvalue weighted by Crippen LogP contribution is -2.50. The number of amides is 1. The Bertz CT molecular complexity index is 438. The average molecular weight is 299 g/mol. The van der Waals surface area contributed by atoms with Crippen LogP contribution in [0.3, 0.4) is 0 Å². The third-order valence-corrected chi connectivity index (χ3v) is 3.90. The van der Waals surface area contributed by atoms with Crippen LogP contribution in [0.2, 0.25) is 0 Å². The van der Waals surface area contributed by atoms with Crippen molar-refractivity contribution in [2.75, 3.05) is 6.61 Å². The molecular weight excluding hydrogens is 284 g/mol. The van der Waals surface area contributed by atoms with Crippen molar-refractivity contribution in [3.05, 3.63) is 28.5 Å². The number of hydrogen-bond donors (Lipinski definition) is 1. The Hall–Kier alpha value is -0.940. The van der Waals surface area contributed by atoms with Gasteiger partial charge in [-0.05, 0) is 48.3 Å². The molecule has 2 heterocycles. The van der Waals surface area contributed by atoms with E-state index in [2.05, 4.69) is 26.2 Å². The second kappa shape index (κ2) is 4.74. The summed E-state index contributed by atoms with van der Waals surface area (Å²) in [6, 6.07) is 3.59. The monoisotopic (exact) mass is 298 g/mol. The summed E-state index contributed by atoms with van der Waals surface area (Å²) in [5.74, 6) is -0.169. The number of hydrogen-bond acceptors (Lipinski definition) is 3. The number of halogens is 1. The molecule has 2 atom stereocenters. The molecule has 92 valence electrons. The van der Waals surface area contributed by atoms with E-state index < -0.39 is 0 Å². The normalized spacial score (nSPS) is 28.1. The Morgan fingerprint density at radius 2 is 2.47 bits per heavy atom. The maximum absolute atomic E-state index is 12.1. The van der Waals surface area contributed by atoms with E-state index in [4.69, 9.17) is 4.74 Å². The summed E-state index contributed by atoms with van der Waals surface area (Å²) < 4.78 is 6.19. The highest BCUT2D eigenvalue weighted by Crippen LogP contribution is 2.26. The molecule has 1 aliphatic heterocycles. The summed E-state index contributed by atoms with van der Waals surface area (Å²) in [5.41, 5.74) is 0.0986. The van der Waals surface area contributed by atoms with Crippen molar-refractivity contribution in [1.82, 2.24) is 10.3 Å². The van der Waals surface area contributed by atoms with Crippen molar-refractivity contribution in [2.45, 2.75) is 31.9 Å². The summed E-state index contributed by atoms with van der Waals surface area (Å²) in [5, 5.41) is 3.01. The van der Waals surface area contributed by atoms with Crippen LogP contribution in [0.5, 0.6) is 0 Å². The zero-order valence-corrected chi connectivity index (χ0v) is 11.5. The van der Waals surface area contributed by atoms with E-state index in [9.17, 15) is 4.79 Å². The molecule has 2 unspecified atom stereocenters. The Labute approximate surface area is 109 Å². The quantitative estimate of drug-likeness (QED) is 0.910. The highest BCUT2D eigenvalue weighted by atomic mass is 79.9. The van der Waals surface area contributed by atoms with Crippen molar-refractivity contribution in [3.63, 3.8) is 0 Å². The van der Waals surface area contributed by atoms with Gasteiger partial charge in [-0.15, -0.1) is 0 Å². The largest absolute Gasteiger partial charge is 0.376 e. The molecule has 0 radical (unpaired) electrons. The van der Waals surface area contributed by atoms with Gasteiger partial charge in [0.1, 0.15) is 5.69 Å². The van der Waals surface area contributed by atoms with Crippen LogP contribution >= 0.6 is 15.9 Å². The first-order chi connectivity index (χ1) is 8.03. The maximum Gasteiger partial charge on any atom is 0.271 e. The lowest BCUT2D eigenvalue weighted by Gasteiger charge is -2.28. The van der Waals surface area contributed by atoms with Gasteiger partial charge in [0.05, 0.1) is 11.6 Å². The van der Waals surface area contributed by atoms with E-state index in [1.54, 1.807) is 18.3 Å².